The average molecular weight is 467 g/mol. The Morgan fingerprint density at radius 2 is 1.90 bits per heavy atom. The van der Waals surface area contributed by atoms with Crippen molar-refractivity contribution in [3.05, 3.63) is 88.4 Å². The smallest absolute Gasteiger partial charge is 0.267 e. The summed E-state index contributed by atoms with van der Waals surface area (Å²) in [6, 6.07) is 23.5. The van der Waals surface area contributed by atoms with Crippen LogP contribution in [0.15, 0.2) is 77.3 Å². The van der Waals surface area contributed by atoms with E-state index in [1.165, 1.54) is 11.3 Å². The highest BCUT2D eigenvalue weighted by molar-refractivity contribution is 9.10. The molecule has 4 rings (SSSR count). The van der Waals surface area contributed by atoms with Crippen LogP contribution in [0, 0.1) is 6.92 Å². The largest absolute Gasteiger partial charge is 0.484 e. The fraction of sp³-hybridized carbons (Fsp3) is 0.130. The molecule has 0 saturated heterocycles. The minimum atomic E-state index is -0.131. The Balaban J connectivity index is 1.60. The van der Waals surface area contributed by atoms with E-state index in [0.29, 0.717) is 17.4 Å². The van der Waals surface area contributed by atoms with Gasteiger partial charge in [0.1, 0.15) is 5.75 Å². The Bertz CT molecular complexity index is 1140. The minimum absolute atomic E-state index is 0.0457. The van der Waals surface area contributed by atoms with E-state index in [0.717, 1.165) is 25.8 Å². The summed E-state index contributed by atoms with van der Waals surface area (Å²) in [6.45, 7) is 2.39. The first-order valence-electron chi connectivity index (χ1n) is 9.18. The number of fused-ring (bicyclic) bond motifs is 1. The lowest BCUT2D eigenvalue weighted by Crippen LogP contribution is -2.34. The first kappa shape index (κ1) is 19.6. The molecule has 4 nitrogen and oxygen atoms in total. The molecular weight excluding hydrogens is 448 g/mol. The molecule has 1 amide bonds. The van der Waals surface area contributed by atoms with E-state index >= 15 is 0 Å². The second-order valence-corrected chi connectivity index (χ2v) is 8.60. The van der Waals surface area contributed by atoms with Gasteiger partial charge in [-0.1, -0.05) is 69.7 Å². The molecule has 0 bridgehead atoms. The molecule has 0 N–H and O–H groups in total. The number of anilines is 1. The average Bonchev–Trinajstić information content (AvgIpc) is 3.14. The summed E-state index contributed by atoms with van der Waals surface area (Å²) in [4.78, 5) is 19.5. The van der Waals surface area contributed by atoms with Gasteiger partial charge in [-0.2, -0.15) is 0 Å². The summed E-state index contributed by atoms with van der Waals surface area (Å²) in [5.74, 6) is 0.555. The fourth-order valence-electron chi connectivity index (χ4n) is 2.96. The van der Waals surface area contributed by atoms with E-state index in [9.17, 15) is 4.79 Å². The molecule has 0 radical (unpaired) electrons. The number of nitrogens with zero attached hydrogens (tertiary/aromatic N) is 2. The van der Waals surface area contributed by atoms with Crippen LogP contribution in [0.5, 0.6) is 5.75 Å². The van der Waals surface area contributed by atoms with Crippen molar-refractivity contribution in [2.75, 3.05) is 11.5 Å². The minimum Gasteiger partial charge on any atom is -0.484 e. The molecule has 3 aromatic carbocycles. The van der Waals surface area contributed by atoms with Crippen molar-refractivity contribution < 1.29 is 9.53 Å². The summed E-state index contributed by atoms with van der Waals surface area (Å²) < 4.78 is 7.78. The molecule has 0 fully saturated rings. The van der Waals surface area contributed by atoms with Crippen LogP contribution in [0.3, 0.4) is 0 Å². The Morgan fingerprint density at radius 1 is 1.07 bits per heavy atom. The number of aryl methyl sites for hydroxylation is 1. The van der Waals surface area contributed by atoms with E-state index in [1.807, 2.05) is 79.7 Å². The monoisotopic (exact) mass is 466 g/mol. The molecule has 0 aliphatic rings. The zero-order valence-electron chi connectivity index (χ0n) is 15.8. The lowest BCUT2D eigenvalue weighted by atomic mass is 10.2. The van der Waals surface area contributed by atoms with Crippen LogP contribution in [-0.4, -0.2) is 17.5 Å². The van der Waals surface area contributed by atoms with Gasteiger partial charge in [-0.3, -0.25) is 9.69 Å². The highest BCUT2D eigenvalue weighted by Crippen LogP contribution is 2.32. The maximum absolute atomic E-state index is 13.1. The van der Waals surface area contributed by atoms with Crippen LogP contribution < -0.4 is 9.64 Å². The van der Waals surface area contributed by atoms with Crippen molar-refractivity contribution in [1.29, 1.82) is 0 Å². The predicted octanol–water partition coefficient (Wildman–Crippen LogP) is 5.98. The summed E-state index contributed by atoms with van der Waals surface area (Å²) in [7, 11) is 0. The van der Waals surface area contributed by atoms with Crippen molar-refractivity contribution in [2.45, 2.75) is 13.5 Å². The molecule has 1 heterocycles. The van der Waals surface area contributed by atoms with Gasteiger partial charge < -0.3 is 4.74 Å². The second kappa shape index (κ2) is 8.76. The van der Waals surface area contributed by atoms with Crippen LogP contribution in [0.1, 0.15) is 11.1 Å². The van der Waals surface area contributed by atoms with Gasteiger partial charge in [-0.25, -0.2) is 4.98 Å². The number of hydrogen-bond donors (Lipinski definition) is 0. The van der Waals surface area contributed by atoms with E-state index in [2.05, 4.69) is 20.9 Å². The molecule has 0 spiro atoms. The van der Waals surface area contributed by atoms with Crippen LogP contribution in [0.2, 0.25) is 0 Å². The second-order valence-electron chi connectivity index (χ2n) is 6.68. The highest BCUT2D eigenvalue weighted by Gasteiger charge is 2.21. The Morgan fingerprint density at radius 3 is 2.69 bits per heavy atom. The Hall–Kier alpha value is -2.70. The number of benzene rings is 3. The zero-order chi connectivity index (χ0) is 20.2. The number of rotatable bonds is 6. The van der Waals surface area contributed by atoms with Crippen molar-refractivity contribution >= 4 is 48.5 Å². The van der Waals surface area contributed by atoms with Gasteiger partial charge in [0.2, 0.25) is 0 Å². The van der Waals surface area contributed by atoms with Crippen LogP contribution in [0.4, 0.5) is 5.13 Å². The van der Waals surface area contributed by atoms with E-state index in [1.54, 1.807) is 4.90 Å². The molecule has 0 aliphatic heterocycles. The number of thiazole rings is 1. The van der Waals surface area contributed by atoms with Crippen LogP contribution in [0.25, 0.3) is 10.2 Å². The van der Waals surface area contributed by atoms with Gasteiger partial charge in [0, 0.05) is 4.47 Å². The first-order valence-corrected chi connectivity index (χ1v) is 10.8. The number of aromatic nitrogens is 1. The summed E-state index contributed by atoms with van der Waals surface area (Å²) >= 11 is 5.00. The highest BCUT2D eigenvalue weighted by atomic mass is 79.9. The molecule has 1 aromatic heterocycles. The number of halogens is 1. The van der Waals surface area contributed by atoms with Gasteiger partial charge in [0.05, 0.1) is 16.8 Å². The van der Waals surface area contributed by atoms with E-state index in [-0.39, 0.29) is 12.5 Å². The van der Waals surface area contributed by atoms with E-state index in [4.69, 9.17) is 4.74 Å². The van der Waals surface area contributed by atoms with Crippen molar-refractivity contribution in [2.24, 2.45) is 0 Å². The number of amides is 1. The van der Waals surface area contributed by atoms with Crippen molar-refractivity contribution in [3.8, 4) is 5.75 Å². The molecule has 0 saturated carbocycles. The Labute approximate surface area is 181 Å². The van der Waals surface area contributed by atoms with E-state index < -0.39 is 0 Å². The van der Waals surface area contributed by atoms with Gasteiger partial charge >= 0.3 is 0 Å². The van der Waals surface area contributed by atoms with Gasteiger partial charge in [-0.05, 0) is 48.4 Å². The number of carbonyl (C=O) groups excluding carboxylic acids is 1. The first-order chi connectivity index (χ1) is 14.1. The normalized spacial score (nSPS) is 10.8. The number of carbonyl (C=O) groups is 1. The van der Waals surface area contributed by atoms with Gasteiger partial charge in [-0.15, -0.1) is 0 Å². The standard InChI is InChI=1S/C23H19BrN2O2S/c1-16-6-5-9-19(12-16)28-15-22(27)26(14-17-7-3-2-4-8-17)23-25-20-11-10-18(24)13-21(20)29-23/h2-13H,14-15H2,1H3. The summed E-state index contributed by atoms with van der Waals surface area (Å²) in [5.41, 5.74) is 3.00. The lowest BCUT2D eigenvalue weighted by Gasteiger charge is -2.20. The quantitative estimate of drug-likeness (QED) is 0.351. The fourth-order valence-corrected chi connectivity index (χ4v) is 4.49. The van der Waals surface area contributed by atoms with Crippen LogP contribution in [-0.2, 0) is 11.3 Å². The van der Waals surface area contributed by atoms with Crippen molar-refractivity contribution in [3.63, 3.8) is 0 Å². The molecule has 29 heavy (non-hydrogen) atoms. The number of ether oxygens (including phenoxy) is 1. The molecule has 0 aliphatic carbocycles. The molecule has 0 atom stereocenters. The molecule has 4 aromatic rings. The van der Waals surface area contributed by atoms with Gasteiger partial charge in [0.25, 0.3) is 5.91 Å². The predicted molar refractivity (Wildman–Crippen MR) is 122 cm³/mol. The zero-order valence-corrected chi connectivity index (χ0v) is 18.2. The lowest BCUT2D eigenvalue weighted by molar-refractivity contribution is -0.120. The summed E-state index contributed by atoms with van der Waals surface area (Å²) in [6.07, 6.45) is 0. The maximum atomic E-state index is 13.1. The molecule has 6 heteroatoms. The maximum Gasteiger partial charge on any atom is 0.267 e. The van der Waals surface area contributed by atoms with Crippen LogP contribution >= 0.6 is 27.3 Å². The number of hydrogen-bond acceptors (Lipinski definition) is 4. The van der Waals surface area contributed by atoms with Gasteiger partial charge in [0.15, 0.2) is 11.7 Å². The third-order valence-corrected chi connectivity index (χ3v) is 5.94. The third-order valence-electron chi connectivity index (χ3n) is 4.41. The molecule has 0 unspecified atom stereocenters. The van der Waals surface area contributed by atoms with Crippen molar-refractivity contribution in [1.82, 2.24) is 4.98 Å². The Kier molecular flexibility index (Phi) is 5.92. The summed E-state index contributed by atoms with van der Waals surface area (Å²) in [5, 5.41) is 0.666. The SMILES string of the molecule is Cc1cccc(OCC(=O)N(Cc2ccccc2)c2nc3ccc(Br)cc3s2)c1. The third kappa shape index (κ3) is 4.83. The topological polar surface area (TPSA) is 42.4 Å². The molecule has 146 valence electrons. The molecular formula is C23H19BrN2O2S.